The van der Waals surface area contributed by atoms with E-state index >= 15 is 0 Å². The first-order chi connectivity index (χ1) is 8.69. The van der Waals surface area contributed by atoms with Gasteiger partial charge in [-0.3, -0.25) is 4.79 Å². The highest BCUT2D eigenvalue weighted by Gasteiger charge is 2.24. The van der Waals surface area contributed by atoms with E-state index in [1.165, 1.54) is 12.8 Å². The summed E-state index contributed by atoms with van der Waals surface area (Å²) >= 11 is 0. The predicted octanol–water partition coefficient (Wildman–Crippen LogP) is 1.83. The SMILES string of the molecule is CCNc1ccc(C(=O)NC(C)CC2CC2)nn1. The van der Waals surface area contributed by atoms with E-state index in [0.29, 0.717) is 11.5 Å². The average molecular weight is 248 g/mol. The zero-order valence-electron chi connectivity index (χ0n) is 10.9. The number of nitrogens with one attached hydrogen (secondary N) is 2. The molecule has 2 rings (SSSR count). The molecule has 1 aromatic heterocycles. The summed E-state index contributed by atoms with van der Waals surface area (Å²) in [4.78, 5) is 11.9. The number of hydrogen-bond acceptors (Lipinski definition) is 4. The van der Waals surface area contributed by atoms with Crippen LogP contribution in [0.15, 0.2) is 12.1 Å². The van der Waals surface area contributed by atoms with Crippen LogP contribution in [0, 0.1) is 5.92 Å². The van der Waals surface area contributed by atoms with E-state index in [4.69, 9.17) is 0 Å². The number of carbonyl (C=O) groups excluding carboxylic acids is 1. The largest absolute Gasteiger partial charge is 0.369 e. The highest BCUT2D eigenvalue weighted by atomic mass is 16.2. The molecule has 1 fully saturated rings. The molecule has 98 valence electrons. The van der Waals surface area contributed by atoms with Crippen molar-refractivity contribution in [2.24, 2.45) is 5.92 Å². The fourth-order valence-electron chi connectivity index (χ4n) is 1.94. The molecule has 2 N–H and O–H groups in total. The van der Waals surface area contributed by atoms with Crippen LogP contribution in [0.4, 0.5) is 5.82 Å². The summed E-state index contributed by atoms with van der Waals surface area (Å²) in [6.07, 6.45) is 3.67. The second kappa shape index (κ2) is 5.80. The monoisotopic (exact) mass is 248 g/mol. The Hall–Kier alpha value is -1.65. The molecule has 0 spiro atoms. The van der Waals surface area contributed by atoms with Gasteiger partial charge in [-0.15, -0.1) is 10.2 Å². The molecule has 0 aromatic carbocycles. The summed E-state index contributed by atoms with van der Waals surface area (Å²) in [6, 6.07) is 3.68. The molecular weight excluding hydrogens is 228 g/mol. The number of anilines is 1. The molecule has 5 heteroatoms. The van der Waals surface area contributed by atoms with Crippen molar-refractivity contribution in [3.63, 3.8) is 0 Å². The maximum Gasteiger partial charge on any atom is 0.272 e. The topological polar surface area (TPSA) is 66.9 Å². The third kappa shape index (κ3) is 3.68. The highest BCUT2D eigenvalue weighted by Crippen LogP contribution is 2.33. The quantitative estimate of drug-likeness (QED) is 0.806. The number of rotatable bonds is 6. The number of nitrogens with zero attached hydrogens (tertiary/aromatic N) is 2. The second-order valence-electron chi connectivity index (χ2n) is 4.89. The van der Waals surface area contributed by atoms with Crippen molar-refractivity contribution in [1.82, 2.24) is 15.5 Å². The smallest absolute Gasteiger partial charge is 0.272 e. The fourth-order valence-corrected chi connectivity index (χ4v) is 1.94. The van der Waals surface area contributed by atoms with Gasteiger partial charge in [-0.2, -0.15) is 0 Å². The van der Waals surface area contributed by atoms with Gasteiger partial charge in [0.25, 0.3) is 5.91 Å². The minimum absolute atomic E-state index is 0.140. The lowest BCUT2D eigenvalue weighted by Crippen LogP contribution is -2.33. The van der Waals surface area contributed by atoms with Crippen molar-refractivity contribution < 1.29 is 4.79 Å². The fraction of sp³-hybridized carbons (Fsp3) is 0.615. The third-order valence-electron chi connectivity index (χ3n) is 3.02. The summed E-state index contributed by atoms with van der Waals surface area (Å²) in [7, 11) is 0. The van der Waals surface area contributed by atoms with Crippen molar-refractivity contribution >= 4 is 11.7 Å². The van der Waals surface area contributed by atoms with Gasteiger partial charge < -0.3 is 10.6 Å². The van der Waals surface area contributed by atoms with E-state index < -0.39 is 0 Å². The molecule has 5 nitrogen and oxygen atoms in total. The Balaban J connectivity index is 1.86. The molecule has 1 aliphatic rings. The van der Waals surface area contributed by atoms with Crippen molar-refractivity contribution in [3.05, 3.63) is 17.8 Å². The number of hydrogen-bond donors (Lipinski definition) is 2. The standard InChI is InChI=1S/C13H20N4O/c1-3-14-12-7-6-11(16-17-12)13(18)15-9(2)8-10-4-5-10/h6-7,9-10H,3-5,8H2,1-2H3,(H,14,17)(H,15,18). The van der Waals surface area contributed by atoms with Gasteiger partial charge in [0.15, 0.2) is 5.69 Å². The summed E-state index contributed by atoms with van der Waals surface area (Å²) in [5.41, 5.74) is 0.374. The van der Waals surface area contributed by atoms with E-state index in [0.717, 1.165) is 18.9 Å². The Morgan fingerprint density at radius 2 is 2.22 bits per heavy atom. The van der Waals surface area contributed by atoms with Crippen molar-refractivity contribution in [1.29, 1.82) is 0 Å². The summed E-state index contributed by atoms with van der Waals surface area (Å²) in [6.45, 7) is 4.82. The van der Waals surface area contributed by atoms with E-state index in [2.05, 4.69) is 20.8 Å². The Labute approximate surface area is 107 Å². The van der Waals surface area contributed by atoms with Gasteiger partial charge >= 0.3 is 0 Å². The van der Waals surface area contributed by atoms with Gasteiger partial charge in [0.2, 0.25) is 0 Å². The van der Waals surface area contributed by atoms with E-state index in [9.17, 15) is 4.79 Å². The molecule has 1 heterocycles. The van der Waals surface area contributed by atoms with Crippen LogP contribution in [-0.2, 0) is 0 Å². The zero-order valence-corrected chi connectivity index (χ0v) is 10.9. The lowest BCUT2D eigenvalue weighted by atomic mass is 10.1. The molecule has 0 radical (unpaired) electrons. The number of amides is 1. The zero-order chi connectivity index (χ0) is 13.0. The first-order valence-corrected chi connectivity index (χ1v) is 6.57. The molecule has 18 heavy (non-hydrogen) atoms. The van der Waals surface area contributed by atoms with E-state index in [1.54, 1.807) is 12.1 Å². The minimum atomic E-state index is -0.140. The molecule has 0 bridgehead atoms. The molecule has 1 saturated carbocycles. The Bertz CT molecular complexity index is 400. The predicted molar refractivity (Wildman–Crippen MR) is 70.5 cm³/mol. The van der Waals surface area contributed by atoms with Crippen molar-refractivity contribution in [3.8, 4) is 0 Å². The minimum Gasteiger partial charge on any atom is -0.369 e. The van der Waals surface area contributed by atoms with Crippen LogP contribution in [0.3, 0.4) is 0 Å². The lowest BCUT2D eigenvalue weighted by molar-refractivity contribution is 0.0931. The van der Waals surface area contributed by atoms with Gasteiger partial charge in [-0.25, -0.2) is 0 Å². The van der Waals surface area contributed by atoms with Crippen LogP contribution in [0.1, 0.15) is 43.6 Å². The molecule has 1 aromatic rings. The Morgan fingerprint density at radius 3 is 2.78 bits per heavy atom. The van der Waals surface area contributed by atoms with Gasteiger partial charge in [0.1, 0.15) is 5.82 Å². The normalized spacial score (nSPS) is 16.1. The molecule has 1 amide bonds. The van der Waals surface area contributed by atoms with Crippen LogP contribution in [0.25, 0.3) is 0 Å². The van der Waals surface area contributed by atoms with Crippen LogP contribution in [0.2, 0.25) is 0 Å². The van der Waals surface area contributed by atoms with E-state index in [1.807, 2.05) is 13.8 Å². The number of carbonyl (C=O) groups is 1. The Morgan fingerprint density at radius 1 is 1.44 bits per heavy atom. The summed E-state index contributed by atoms with van der Waals surface area (Å²) in [5.74, 6) is 1.36. The van der Waals surface area contributed by atoms with Crippen LogP contribution < -0.4 is 10.6 Å². The van der Waals surface area contributed by atoms with Gasteiger partial charge in [0, 0.05) is 12.6 Å². The highest BCUT2D eigenvalue weighted by molar-refractivity contribution is 5.92. The van der Waals surface area contributed by atoms with E-state index in [-0.39, 0.29) is 11.9 Å². The molecule has 1 atom stereocenters. The molecule has 1 unspecified atom stereocenters. The van der Waals surface area contributed by atoms with Crippen LogP contribution >= 0.6 is 0 Å². The third-order valence-corrected chi connectivity index (χ3v) is 3.02. The average Bonchev–Trinajstić information content (AvgIpc) is 3.14. The van der Waals surface area contributed by atoms with Gasteiger partial charge in [-0.05, 0) is 38.3 Å². The number of aromatic nitrogens is 2. The van der Waals surface area contributed by atoms with Crippen molar-refractivity contribution in [2.75, 3.05) is 11.9 Å². The summed E-state index contributed by atoms with van der Waals surface area (Å²) in [5, 5.41) is 13.9. The molecule has 1 aliphatic carbocycles. The van der Waals surface area contributed by atoms with Crippen LogP contribution in [0.5, 0.6) is 0 Å². The molecule has 0 saturated heterocycles. The first-order valence-electron chi connectivity index (χ1n) is 6.57. The lowest BCUT2D eigenvalue weighted by Gasteiger charge is -2.12. The van der Waals surface area contributed by atoms with Gasteiger partial charge in [0.05, 0.1) is 0 Å². The first kappa shape index (κ1) is 12.8. The Kier molecular flexibility index (Phi) is 4.12. The summed E-state index contributed by atoms with van der Waals surface area (Å²) < 4.78 is 0. The molecular formula is C13H20N4O. The second-order valence-corrected chi connectivity index (χ2v) is 4.89. The van der Waals surface area contributed by atoms with Gasteiger partial charge in [-0.1, -0.05) is 12.8 Å². The maximum atomic E-state index is 11.9. The molecule has 0 aliphatic heterocycles. The maximum absolute atomic E-state index is 11.9. The van der Waals surface area contributed by atoms with Crippen LogP contribution in [-0.4, -0.2) is 28.7 Å². The van der Waals surface area contributed by atoms with Crippen molar-refractivity contribution in [2.45, 2.75) is 39.2 Å².